The molecule has 5 nitrogen and oxygen atoms in total. The molecule has 0 atom stereocenters. The summed E-state index contributed by atoms with van der Waals surface area (Å²) < 4.78 is 10.9. The molecule has 0 aliphatic carbocycles. The molecule has 1 amide bonds. The maximum Gasteiger partial charge on any atom is 0.251 e. The van der Waals surface area contributed by atoms with Crippen LogP contribution in [-0.4, -0.2) is 32.8 Å². The summed E-state index contributed by atoms with van der Waals surface area (Å²) in [4.78, 5) is 11.5. The zero-order valence-corrected chi connectivity index (χ0v) is 11.6. The van der Waals surface area contributed by atoms with Crippen LogP contribution in [-0.2, 0) is 4.74 Å². The van der Waals surface area contributed by atoms with E-state index >= 15 is 0 Å². The second-order valence-corrected chi connectivity index (χ2v) is 4.15. The Morgan fingerprint density at radius 2 is 2.11 bits per heavy atom. The molecule has 0 aliphatic heterocycles. The van der Waals surface area contributed by atoms with Crippen molar-refractivity contribution in [2.45, 2.75) is 19.8 Å². The molecular weight excluding hydrogens is 244 g/mol. The first-order chi connectivity index (χ1) is 9.19. The largest absolute Gasteiger partial charge is 0.489 e. The average Bonchev–Trinajstić information content (AvgIpc) is 2.43. The fraction of sp³-hybridized carbons (Fsp3) is 0.500. The second kappa shape index (κ2) is 8.37. The smallest absolute Gasteiger partial charge is 0.251 e. The van der Waals surface area contributed by atoms with E-state index in [9.17, 15) is 4.79 Å². The highest BCUT2D eigenvalue weighted by atomic mass is 16.5. The quantitative estimate of drug-likeness (QED) is 0.556. The van der Waals surface area contributed by atoms with Crippen molar-refractivity contribution in [3.05, 3.63) is 23.8 Å². The fourth-order valence-corrected chi connectivity index (χ4v) is 1.50. The first-order valence-corrected chi connectivity index (χ1v) is 6.51. The van der Waals surface area contributed by atoms with Crippen molar-refractivity contribution in [1.82, 2.24) is 5.32 Å². The van der Waals surface area contributed by atoms with Gasteiger partial charge in [-0.25, -0.2) is 0 Å². The number of benzene rings is 1. The number of nitrogen functional groups attached to an aromatic ring is 1. The van der Waals surface area contributed by atoms with Crippen LogP contribution in [0.2, 0.25) is 0 Å². The van der Waals surface area contributed by atoms with Gasteiger partial charge < -0.3 is 20.5 Å². The average molecular weight is 266 g/mol. The van der Waals surface area contributed by atoms with Crippen LogP contribution in [0.25, 0.3) is 0 Å². The number of ether oxygens (including phenoxy) is 2. The van der Waals surface area contributed by atoms with Crippen LogP contribution in [0.5, 0.6) is 5.75 Å². The summed E-state index contributed by atoms with van der Waals surface area (Å²) in [6, 6.07) is 4.97. The highest BCUT2D eigenvalue weighted by Gasteiger charge is 2.07. The molecule has 0 unspecified atom stereocenters. The van der Waals surface area contributed by atoms with E-state index in [1.165, 1.54) is 0 Å². The SMILES string of the molecule is CCCCOCCOc1cc(C(=O)NC)ccc1N. The molecule has 0 heterocycles. The first-order valence-electron chi connectivity index (χ1n) is 6.51. The molecule has 5 heteroatoms. The maximum absolute atomic E-state index is 11.5. The van der Waals surface area contributed by atoms with E-state index in [1.54, 1.807) is 25.2 Å². The highest BCUT2D eigenvalue weighted by molar-refractivity contribution is 5.95. The number of amides is 1. The molecule has 0 saturated carbocycles. The summed E-state index contributed by atoms with van der Waals surface area (Å²) in [5, 5.41) is 2.56. The van der Waals surface area contributed by atoms with Gasteiger partial charge in [0.2, 0.25) is 0 Å². The van der Waals surface area contributed by atoms with Crippen LogP contribution in [0, 0.1) is 0 Å². The van der Waals surface area contributed by atoms with E-state index < -0.39 is 0 Å². The molecule has 0 aliphatic rings. The monoisotopic (exact) mass is 266 g/mol. The van der Waals surface area contributed by atoms with Crippen molar-refractivity contribution >= 4 is 11.6 Å². The topological polar surface area (TPSA) is 73.6 Å². The molecule has 106 valence electrons. The number of hydrogen-bond donors (Lipinski definition) is 2. The molecule has 0 radical (unpaired) electrons. The van der Waals surface area contributed by atoms with Gasteiger partial charge in [-0.3, -0.25) is 4.79 Å². The van der Waals surface area contributed by atoms with E-state index in [-0.39, 0.29) is 5.91 Å². The first kappa shape index (κ1) is 15.3. The van der Waals surface area contributed by atoms with Crippen molar-refractivity contribution < 1.29 is 14.3 Å². The van der Waals surface area contributed by atoms with Crippen LogP contribution >= 0.6 is 0 Å². The van der Waals surface area contributed by atoms with Crippen molar-refractivity contribution in [2.75, 3.05) is 32.6 Å². The summed E-state index contributed by atoms with van der Waals surface area (Å²) in [6.45, 7) is 3.80. The number of hydrogen-bond acceptors (Lipinski definition) is 4. The van der Waals surface area contributed by atoms with Gasteiger partial charge in [-0.2, -0.15) is 0 Å². The Labute approximate surface area is 114 Å². The fourth-order valence-electron chi connectivity index (χ4n) is 1.50. The minimum absolute atomic E-state index is 0.163. The Balaban J connectivity index is 2.46. The van der Waals surface area contributed by atoms with Crippen molar-refractivity contribution in [2.24, 2.45) is 0 Å². The molecule has 3 N–H and O–H groups in total. The third kappa shape index (κ3) is 5.18. The highest BCUT2D eigenvalue weighted by Crippen LogP contribution is 2.22. The summed E-state index contributed by atoms with van der Waals surface area (Å²) in [5.41, 5.74) is 6.84. The molecule has 0 saturated heterocycles. The number of nitrogens with two attached hydrogens (primary N) is 1. The standard InChI is InChI=1S/C14H22N2O3/c1-3-4-7-18-8-9-19-13-10-11(14(17)16-2)5-6-12(13)15/h5-6,10H,3-4,7-9,15H2,1-2H3,(H,16,17). The zero-order valence-electron chi connectivity index (χ0n) is 11.6. The van der Waals surface area contributed by atoms with Gasteiger partial charge in [0.25, 0.3) is 5.91 Å². The summed E-state index contributed by atoms with van der Waals surface area (Å²) in [5.74, 6) is 0.351. The molecule has 0 spiro atoms. The molecule has 1 rings (SSSR count). The van der Waals surface area contributed by atoms with E-state index in [0.717, 1.165) is 19.4 Å². The molecule has 1 aromatic rings. The lowest BCUT2D eigenvalue weighted by atomic mass is 10.2. The Kier molecular flexibility index (Phi) is 6.74. The number of rotatable bonds is 8. The van der Waals surface area contributed by atoms with Gasteiger partial charge in [0.15, 0.2) is 0 Å². The van der Waals surface area contributed by atoms with Crippen LogP contribution in [0.3, 0.4) is 0 Å². The van der Waals surface area contributed by atoms with E-state index in [4.69, 9.17) is 15.2 Å². The minimum atomic E-state index is -0.163. The zero-order chi connectivity index (χ0) is 14.1. The van der Waals surface area contributed by atoms with E-state index in [2.05, 4.69) is 12.2 Å². The molecule has 0 aromatic heterocycles. The lowest BCUT2D eigenvalue weighted by Gasteiger charge is -2.10. The van der Waals surface area contributed by atoms with Gasteiger partial charge in [0, 0.05) is 19.2 Å². The second-order valence-electron chi connectivity index (χ2n) is 4.15. The minimum Gasteiger partial charge on any atom is -0.489 e. The van der Waals surface area contributed by atoms with Gasteiger partial charge in [-0.1, -0.05) is 13.3 Å². The van der Waals surface area contributed by atoms with Crippen LogP contribution in [0.15, 0.2) is 18.2 Å². The molecule has 0 bridgehead atoms. The summed E-state index contributed by atoms with van der Waals surface area (Å²) in [6.07, 6.45) is 2.16. The number of carbonyl (C=O) groups excluding carboxylic acids is 1. The van der Waals surface area contributed by atoms with Crippen molar-refractivity contribution in [1.29, 1.82) is 0 Å². The van der Waals surface area contributed by atoms with Gasteiger partial charge in [0.05, 0.1) is 12.3 Å². The third-order valence-electron chi connectivity index (χ3n) is 2.63. The third-order valence-corrected chi connectivity index (χ3v) is 2.63. The van der Waals surface area contributed by atoms with Gasteiger partial charge in [-0.05, 0) is 24.6 Å². The Morgan fingerprint density at radius 3 is 2.79 bits per heavy atom. The predicted molar refractivity (Wildman–Crippen MR) is 75.5 cm³/mol. The Hall–Kier alpha value is -1.75. The van der Waals surface area contributed by atoms with Crippen molar-refractivity contribution in [3.8, 4) is 5.75 Å². The van der Waals surface area contributed by atoms with E-state index in [1.807, 2.05) is 0 Å². The lowest BCUT2D eigenvalue weighted by molar-refractivity contribution is 0.0957. The maximum atomic E-state index is 11.5. The Bertz CT molecular complexity index is 408. The number of anilines is 1. The molecular formula is C14H22N2O3. The van der Waals surface area contributed by atoms with Gasteiger partial charge in [0.1, 0.15) is 12.4 Å². The van der Waals surface area contributed by atoms with Crippen LogP contribution in [0.1, 0.15) is 30.1 Å². The summed E-state index contributed by atoms with van der Waals surface area (Å²) in [7, 11) is 1.58. The van der Waals surface area contributed by atoms with Crippen LogP contribution < -0.4 is 15.8 Å². The predicted octanol–water partition coefficient (Wildman–Crippen LogP) is 1.82. The van der Waals surface area contributed by atoms with Gasteiger partial charge in [-0.15, -0.1) is 0 Å². The van der Waals surface area contributed by atoms with Crippen molar-refractivity contribution in [3.63, 3.8) is 0 Å². The number of nitrogens with one attached hydrogen (secondary N) is 1. The Morgan fingerprint density at radius 1 is 1.32 bits per heavy atom. The molecule has 0 fully saturated rings. The number of carbonyl (C=O) groups is 1. The van der Waals surface area contributed by atoms with Crippen LogP contribution in [0.4, 0.5) is 5.69 Å². The lowest BCUT2D eigenvalue weighted by Crippen LogP contribution is -2.18. The summed E-state index contributed by atoms with van der Waals surface area (Å²) >= 11 is 0. The normalized spacial score (nSPS) is 10.2. The van der Waals surface area contributed by atoms with Gasteiger partial charge >= 0.3 is 0 Å². The molecule has 19 heavy (non-hydrogen) atoms. The number of unbranched alkanes of at least 4 members (excludes halogenated alkanes) is 1. The molecule has 1 aromatic carbocycles. The van der Waals surface area contributed by atoms with E-state index in [0.29, 0.717) is 30.2 Å².